The number of benzene rings is 1. The molecule has 0 bridgehead atoms. The second-order valence-electron chi connectivity index (χ2n) is 2.98. The number of thiophene rings is 1. The van der Waals surface area contributed by atoms with Crippen LogP contribution in [-0.4, -0.2) is 11.1 Å². The Balaban J connectivity index is 2.47. The van der Waals surface area contributed by atoms with Crippen LogP contribution in [-0.2, 0) is 0 Å². The zero-order chi connectivity index (χ0) is 10.8. The SMILES string of the molecule is O=C(O)c1ccc(-c2cccs2)cc1Cl. The summed E-state index contributed by atoms with van der Waals surface area (Å²) in [5.74, 6) is -1.00. The average Bonchev–Trinajstić information content (AvgIpc) is 2.69. The van der Waals surface area contributed by atoms with Crippen LogP contribution in [0.15, 0.2) is 35.7 Å². The number of hydrogen-bond donors (Lipinski definition) is 1. The first-order chi connectivity index (χ1) is 7.18. The van der Waals surface area contributed by atoms with Gasteiger partial charge in [0.25, 0.3) is 0 Å². The molecule has 0 radical (unpaired) electrons. The molecule has 0 spiro atoms. The zero-order valence-corrected chi connectivity index (χ0v) is 9.18. The molecule has 2 rings (SSSR count). The summed E-state index contributed by atoms with van der Waals surface area (Å²) in [4.78, 5) is 11.8. The van der Waals surface area contributed by atoms with Crippen molar-refractivity contribution in [3.05, 3.63) is 46.3 Å². The van der Waals surface area contributed by atoms with Crippen LogP contribution in [0.5, 0.6) is 0 Å². The highest BCUT2D eigenvalue weighted by molar-refractivity contribution is 7.13. The van der Waals surface area contributed by atoms with Crippen LogP contribution < -0.4 is 0 Å². The van der Waals surface area contributed by atoms with Crippen molar-refractivity contribution in [1.82, 2.24) is 0 Å². The minimum atomic E-state index is -1.00. The third-order valence-electron chi connectivity index (χ3n) is 2.01. The topological polar surface area (TPSA) is 37.3 Å². The van der Waals surface area contributed by atoms with Gasteiger partial charge in [-0.3, -0.25) is 0 Å². The van der Waals surface area contributed by atoms with Crippen LogP contribution in [0.4, 0.5) is 0 Å². The lowest BCUT2D eigenvalue weighted by Gasteiger charge is -2.01. The molecule has 2 aromatic rings. The van der Waals surface area contributed by atoms with Crippen LogP contribution in [0, 0.1) is 0 Å². The van der Waals surface area contributed by atoms with Crippen molar-refractivity contribution < 1.29 is 9.90 Å². The van der Waals surface area contributed by atoms with E-state index in [4.69, 9.17) is 16.7 Å². The first-order valence-corrected chi connectivity index (χ1v) is 5.51. The maximum absolute atomic E-state index is 10.7. The molecule has 0 aliphatic heterocycles. The third kappa shape index (κ3) is 2.03. The molecule has 15 heavy (non-hydrogen) atoms. The fourth-order valence-corrected chi connectivity index (χ4v) is 2.27. The van der Waals surface area contributed by atoms with Crippen molar-refractivity contribution in [1.29, 1.82) is 0 Å². The van der Waals surface area contributed by atoms with Gasteiger partial charge in [0.2, 0.25) is 0 Å². The predicted molar refractivity (Wildman–Crippen MR) is 61.7 cm³/mol. The van der Waals surface area contributed by atoms with E-state index >= 15 is 0 Å². The van der Waals surface area contributed by atoms with E-state index in [1.54, 1.807) is 23.5 Å². The molecule has 0 atom stereocenters. The maximum Gasteiger partial charge on any atom is 0.337 e. The minimum Gasteiger partial charge on any atom is -0.478 e. The van der Waals surface area contributed by atoms with Crippen LogP contribution >= 0.6 is 22.9 Å². The number of aromatic carboxylic acids is 1. The number of carbonyl (C=O) groups is 1. The van der Waals surface area contributed by atoms with Gasteiger partial charge in [-0.2, -0.15) is 0 Å². The molecule has 1 aromatic heterocycles. The summed E-state index contributed by atoms with van der Waals surface area (Å²) in [6.07, 6.45) is 0. The van der Waals surface area contributed by atoms with E-state index in [2.05, 4.69) is 0 Å². The van der Waals surface area contributed by atoms with Crippen LogP contribution in [0.2, 0.25) is 5.02 Å². The Kier molecular flexibility index (Phi) is 2.75. The summed E-state index contributed by atoms with van der Waals surface area (Å²) in [6, 6.07) is 8.88. The monoisotopic (exact) mass is 238 g/mol. The second kappa shape index (κ2) is 4.04. The largest absolute Gasteiger partial charge is 0.478 e. The molecule has 1 heterocycles. The van der Waals surface area contributed by atoms with Crippen molar-refractivity contribution in [2.75, 3.05) is 0 Å². The molecule has 0 saturated heterocycles. The Morgan fingerprint density at radius 1 is 1.33 bits per heavy atom. The van der Waals surface area contributed by atoms with E-state index in [1.807, 2.05) is 17.5 Å². The number of carboxylic acid groups (broad SMARTS) is 1. The highest BCUT2D eigenvalue weighted by Crippen LogP contribution is 2.28. The highest BCUT2D eigenvalue weighted by atomic mass is 35.5. The Hall–Kier alpha value is -1.32. The minimum absolute atomic E-state index is 0.136. The quantitative estimate of drug-likeness (QED) is 0.865. The molecule has 0 unspecified atom stereocenters. The van der Waals surface area contributed by atoms with Crippen molar-refractivity contribution in [3.8, 4) is 10.4 Å². The first-order valence-electron chi connectivity index (χ1n) is 4.25. The molecular formula is C11H7ClO2S. The number of halogens is 1. The maximum atomic E-state index is 10.7. The van der Waals surface area contributed by atoms with Crippen molar-refractivity contribution in [2.45, 2.75) is 0 Å². The number of rotatable bonds is 2. The molecule has 0 fully saturated rings. The molecule has 0 saturated carbocycles. The van der Waals surface area contributed by atoms with Crippen LogP contribution in [0.3, 0.4) is 0 Å². The summed E-state index contributed by atoms with van der Waals surface area (Å²) in [5.41, 5.74) is 1.08. The fraction of sp³-hybridized carbons (Fsp3) is 0. The number of carboxylic acids is 1. The predicted octanol–water partition coefficient (Wildman–Crippen LogP) is 3.77. The molecule has 4 heteroatoms. The van der Waals surface area contributed by atoms with Gasteiger partial charge in [-0.15, -0.1) is 11.3 Å². The molecule has 1 N–H and O–H groups in total. The summed E-state index contributed by atoms with van der Waals surface area (Å²) in [6.45, 7) is 0. The summed E-state index contributed by atoms with van der Waals surface area (Å²) < 4.78 is 0. The van der Waals surface area contributed by atoms with Gasteiger partial charge in [-0.1, -0.05) is 23.7 Å². The van der Waals surface area contributed by atoms with E-state index in [1.165, 1.54) is 6.07 Å². The summed E-state index contributed by atoms with van der Waals surface area (Å²) in [5, 5.41) is 11.0. The van der Waals surface area contributed by atoms with Gasteiger partial charge in [0.15, 0.2) is 0 Å². The van der Waals surface area contributed by atoms with Crippen LogP contribution in [0.25, 0.3) is 10.4 Å². The lowest BCUT2D eigenvalue weighted by Crippen LogP contribution is -1.96. The van der Waals surface area contributed by atoms with Gasteiger partial charge in [-0.05, 0) is 29.1 Å². The lowest BCUT2D eigenvalue weighted by atomic mass is 10.1. The van der Waals surface area contributed by atoms with E-state index in [0.29, 0.717) is 0 Å². The van der Waals surface area contributed by atoms with Gasteiger partial charge in [0, 0.05) is 4.88 Å². The Bertz CT molecular complexity index is 491. The van der Waals surface area contributed by atoms with Gasteiger partial charge in [0.1, 0.15) is 0 Å². The molecule has 0 amide bonds. The van der Waals surface area contributed by atoms with E-state index in [-0.39, 0.29) is 10.6 Å². The van der Waals surface area contributed by atoms with Crippen LogP contribution in [0.1, 0.15) is 10.4 Å². The molecule has 0 aliphatic carbocycles. The van der Waals surface area contributed by atoms with E-state index < -0.39 is 5.97 Å². The Labute approximate surface area is 95.8 Å². The second-order valence-corrected chi connectivity index (χ2v) is 4.33. The fourth-order valence-electron chi connectivity index (χ4n) is 1.28. The third-order valence-corrected chi connectivity index (χ3v) is 3.24. The van der Waals surface area contributed by atoms with Crippen molar-refractivity contribution in [2.24, 2.45) is 0 Å². The highest BCUT2D eigenvalue weighted by Gasteiger charge is 2.09. The molecule has 0 aliphatic rings. The Morgan fingerprint density at radius 3 is 2.67 bits per heavy atom. The first kappa shape index (κ1) is 10.2. The van der Waals surface area contributed by atoms with Gasteiger partial charge in [-0.25, -0.2) is 4.79 Å². The summed E-state index contributed by atoms with van der Waals surface area (Å²) >= 11 is 7.46. The van der Waals surface area contributed by atoms with Gasteiger partial charge in [0.05, 0.1) is 10.6 Å². The van der Waals surface area contributed by atoms with Gasteiger partial charge >= 0.3 is 5.97 Å². The molecule has 2 nitrogen and oxygen atoms in total. The smallest absolute Gasteiger partial charge is 0.337 e. The Morgan fingerprint density at radius 2 is 2.13 bits per heavy atom. The lowest BCUT2D eigenvalue weighted by molar-refractivity contribution is 0.0697. The average molecular weight is 239 g/mol. The normalized spacial score (nSPS) is 10.2. The van der Waals surface area contributed by atoms with Gasteiger partial charge < -0.3 is 5.11 Å². The van der Waals surface area contributed by atoms with E-state index in [0.717, 1.165) is 10.4 Å². The zero-order valence-electron chi connectivity index (χ0n) is 7.61. The number of hydrogen-bond acceptors (Lipinski definition) is 2. The molecule has 1 aromatic carbocycles. The van der Waals surface area contributed by atoms with Crippen molar-refractivity contribution in [3.63, 3.8) is 0 Å². The standard InChI is InChI=1S/C11H7ClO2S/c12-9-6-7(10-2-1-5-15-10)3-4-8(9)11(13)14/h1-6H,(H,13,14). The van der Waals surface area contributed by atoms with E-state index in [9.17, 15) is 4.79 Å². The van der Waals surface area contributed by atoms with Crippen molar-refractivity contribution >= 4 is 28.9 Å². The molecule has 76 valence electrons. The molecular weight excluding hydrogens is 232 g/mol. The summed E-state index contributed by atoms with van der Waals surface area (Å²) in [7, 11) is 0.